The summed E-state index contributed by atoms with van der Waals surface area (Å²) in [5, 5.41) is 9.11. The number of ether oxygens (including phenoxy) is 1. The minimum absolute atomic E-state index is 0.0913. The number of carbonyl (C=O) groups is 1. The summed E-state index contributed by atoms with van der Waals surface area (Å²) in [6.07, 6.45) is -1.41. The van der Waals surface area contributed by atoms with Gasteiger partial charge in [-0.2, -0.15) is 5.26 Å². The Bertz CT molecular complexity index is 850. The maximum absolute atomic E-state index is 13.6. The second-order valence-corrected chi connectivity index (χ2v) is 9.73. The molecule has 0 aromatic heterocycles. The third-order valence-electron chi connectivity index (χ3n) is 4.99. The molecule has 2 rings (SSSR count). The van der Waals surface area contributed by atoms with Crippen LogP contribution in [0.2, 0.25) is 0 Å². The van der Waals surface area contributed by atoms with Crippen molar-refractivity contribution in [2.24, 2.45) is 5.73 Å². The Labute approximate surface area is 158 Å². The Kier molecular flexibility index (Phi) is 6.12. The van der Waals surface area contributed by atoms with Crippen LogP contribution in [0.1, 0.15) is 25.8 Å². The van der Waals surface area contributed by atoms with Gasteiger partial charge in [0.15, 0.2) is 9.84 Å². The Balaban J connectivity index is 2.24. The fourth-order valence-electron chi connectivity index (χ4n) is 2.99. The second kappa shape index (κ2) is 7.82. The van der Waals surface area contributed by atoms with Crippen LogP contribution >= 0.6 is 0 Å². The monoisotopic (exact) mass is 397 g/mol. The fourth-order valence-corrected chi connectivity index (χ4v) is 4.47. The Morgan fingerprint density at radius 3 is 2.78 bits per heavy atom. The maximum atomic E-state index is 13.6. The van der Waals surface area contributed by atoms with Gasteiger partial charge in [0.1, 0.15) is 24.0 Å². The first kappa shape index (κ1) is 21.1. The average Bonchev–Trinajstić information content (AvgIpc) is 3.00. The number of benzene rings is 1. The molecule has 1 saturated heterocycles. The molecule has 3 atom stereocenters. The smallest absolute Gasteiger partial charge is 0.242 e. The number of alkyl halides is 1. The van der Waals surface area contributed by atoms with E-state index in [0.29, 0.717) is 11.3 Å². The van der Waals surface area contributed by atoms with Crippen molar-refractivity contribution < 1.29 is 22.3 Å². The van der Waals surface area contributed by atoms with E-state index in [1.54, 1.807) is 24.3 Å². The van der Waals surface area contributed by atoms with E-state index in [4.69, 9.17) is 15.7 Å². The lowest BCUT2D eigenvalue weighted by Crippen LogP contribution is -2.59. The lowest BCUT2D eigenvalue weighted by Gasteiger charge is -2.33. The zero-order valence-electron chi connectivity index (χ0n) is 15.6. The van der Waals surface area contributed by atoms with E-state index in [9.17, 15) is 17.6 Å². The summed E-state index contributed by atoms with van der Waals surface area (Å²) in [4.78, 5) is 13.7. The molecule has 0 unspecified atom stereocenters. The average molecular weight is 397 g/mol. The molecule has 1 aromatic rings. The van der Waals surface area contributed by atoms with Crippen LogP contribution in [0.25, 0.3) is 0 Å². The number of nitriles is 1. The van der Waals surface area contributed by atoms with E-state index < -0.39 is 38.7 Å². The van der Waals surface area contributed by atoms with Crippen LogP contribution < -0.4 is 10.5 Å². The molecule has 2 N–H and O–H groups in total. The second-order valence-electron chi connectivity index (χ2n) is 7.16. The number of likely N-dealkylation sites (tertiary alicyclic amines) is 1. The normalized spacial score (nSPS) is 21.6. The van der Waals surface area contributed by atoms with E-state index in [1.165, 1.54) is 21.0 Å². The molecule has 1 heterocycles. The van der Waals surface area contributed by atoms with Crippen molar-refractivity contribution >= 4 is 15.7 Å². The summed E-state index contributed by atoms with van der Waals surface area (Å²) < 4.78 is 43.0. The molecule has 7 nitrogen and oxygen atoms in total. The highest BCUT2D eigenvalue weighted by Gasteiger charge is 2.47. The number of nitrogens with zero attached hydrogens (tertiary/aromatic N) is 2. The number of methoxy groups -OCH3 is 1. The van der Waals surface area contributed by atoms with Gasteiger partial charge in [-0.25, -0.2) is 12.8 Å². The van der Waals surface area contributed by atoms with Crippen LogP contribution in [-0.4, -0.2) is 55.9 Å². The molecule has 27 heavy (non-hydrogen) atoms. The molecule has 148 valence electrons. The van der Waals surface area contributed by atoms with E-state index in [0.717, 1.165) is 4.90 Å². The lowest BCUT2D eigenvalue weighted by atomic mass is 10.0. The van der Waals surface area contributed by atoms with Gasteiger partial charge in [-0.05, 0) is 31.5 Å². The van der Waals surface area contributed by atoms with Gasteiger partial charge in [0.05, 0.1) is 30.2 Å². The van der Waals surface area contributed by atoms with Crippen molar-refractivity contribution in [1.29, 1.82) is 5.26 Å². The molecule has 0 radical (unpaired) electrons. The van der Waals surface area contributed by atoms with Gasteiger partial charge in [-0.3, -0.25) is 4.79 Å². The highest BCUT2D eigenvalue weighted by Crippen LogP contribution is 2.29. The largest absolute Gasteiger partial charge is 0.497 e. The number of sulfone groups is 1. The van der Waals surface area contributed by atoms with Gasteiger partial charge in [-0.1, -0.05) is 12.1 Å². The zero-order chi connectivity index (χ0) is 20.4. The van der Waals surface area contributed by atoms with Crippen molar-refractivity contribution in [2.75, 3.05) is 13.7 Å². The number of nitrogens with two attached hydrogens (primary N) is 1. The van der Waals surface area contributed by atoms with Crippen molar-refractivity contribution in [1.82, 2.24) is 4.90 Å². The minimum Gasteiger partial charge on any atom is -0.497 e. The van der Waals surface area contributed by atoms with Gasteiger partial charge >= 0.3 is 0 Å². The topological polar surface area (TPSA) is 113 Å². The van der Waals surface area contributed by atoms with Crippen LogP contribution in [0.3, 0.4) is 0 Å². The number of halogens is 1. The first-order chi connectivity index (χ1) is 12.5. The van der Waals surface area contributed by atoms with E-state index in [1.807, 2.05) is 6.07 Å². The standard InChI is InChI=1S/C18H24FN3O4S/c1-18(2,16(21)17(23)22-10-13(19)8-14(22)9-20)27(24,25)11-12-5-4-6-15(7-12)26-3/h4-7,13-14,16H,8,10-11,21H2,1-3H3/t13-,14-,16+/m0/s1. The fraction of sp³-hybridized carbons (Fsp3) is 0.556. The Hall–Kier alpha value is -2.18. The maximum Gasteiger partial charge on any atom is 0.242 e. The lowest BCUT2D eigenvalue weighted by molar-refractivity contribution is -0.133. The van der Waals surface area contributed by atoms with E-state index in [2.05, 4.69) is 0 Å². The van der Waals surface area contributed by atoms with Gasteiger partial charge in [0.2, 0.25) is 5.91 Å². The number of hydrogen-bond acceptors (Lipinski definition) is 6. The SMILES string of the molecule is COc1cccc(CS(=O)(=O)C(C)(C)[C@H](N)C(=O)N2C[C@@H](F)C[C@H]2C#N)c1. The van der Waals surface area contributed by atoms with Crippen LogP contribution in [0.5, 0.6) is 5.75 Å². The summed E-state index contributed by atoms with van der Waals surface area (Å²) in [5.41, 5.74) is 6.51. The zero-order valence-corrected chi connectivity index (χ0v) is 16.4. The van der Waals surface area contributed by atoms with E-state index in [-0.39, 0.29) is 18.7 Å². The summed E-state index contributed by atoms with van der Waals surface area (Å²) in [6, 6.07) is 6.12. The summed E-state index contributed by atoms with van der Waals surface area (Å²) in [6.45, 7) is 2.49. The minimum atomic E-state index is -3.85. The first-order valence-electron chi connectivity index (χ1n) is 8.48. The number of carbonyl (C=O) groups excluding carboxylic acids is 1. The number of hydrogen-bond donors (Lipinski definition) is 1. The predicted molar refractivity (Wildman–Crippen MR) is 98.3 cm³/mol. The van der Waals surface area contributed by atoms with Crippen LogP contribution in [0.15, 0.2) is 24.3 Å². The predicted octanol–water partition coefficient (Wildman–Crippen LogP) is 1.18. The number of amides is 1. The van der Waals surface area contributed by atoms with E-state index >= 15 is 0 Å². The molecule has 1 aliphatic rings. The van der Waals surface area contributed by atoms with Crippen LogP contribution in [0.4, 0.5) is 4.39 Å². The van der Waals surface area contributed by atoms with Crippen LogP contribution in [0, 0.1) is 11.3 Å². The summed E-state index contributed by atoms with van der Waals surface area (Å²) in [5.74, 6) is -0.546. The molecule has 0 aliphatic carbocycles. The van der Waals surface area contributed by atoms with Gasteiger partial charge in [-0.15, -0.1) is 0 Å². The molecular formula is C18H24FN3O4S. The molecular weight excluding hydrogens is 373 g/mol. The van der Waals surface area contributed by atoms with Crippen molar-refractivity contribution in [3.63, 3.8) is 0 Å². The van der Waals surface area contributed by atoms with Crippen molar-refractivity contribution in [2.45, 2.75) is 49.0 Å². The Morgan fingerprint density at radius 1 is 1.52 bits per heavy atom. The summed E-state index contributed by atoms with van der Waals surface area (Å²) >= 11 is 0. The van der Waals surface area contributed by atoms with Crippen molar-refractivity contribution in [3.05, 3.63) is 29.8 Å². The quantitative estimate of drug-likeness (QED) is 0.771. The molecule has 9 heteroatoms. The molecule has 0 spiro atoms. The third-order valence-corrected chi connectivity index (χ3v) is 7.56. The first-order valence-corrected chi connectivity index (χ1v) is 10.1. The highest BCUT2D eigenvalue weighted by atomic mass is 32.2. The molecule has 1 fully saturated rings. The molecule has 1 amide bonds. The third kappa shape index (κ3) is 4.22. The Morgan fingerprint density at radius 2 is 2.19 bits per heavy atom. The van der Waals surface area contributed by atoms with Gasteiger partial charge in [0.25, 0.3) is 0 Å². The molecule has 1 aromatic carbocycles. The number of rotatable bonds is 6. The van der Waals surface area contributed by atoms with Gasteiger partial charge in [0, 0.05) is 6.42 Å². The molecule has 0 bridgehead atoms. The summed E-state index contributed by atoms with van der Waals surface area (Å²) in [7, 11) is -2.38. The molecule has 1 aliphatic heterocycles. The highest BCUT2D eigenvalue weighted by molar-refractivity contribution is 7.92. The molecule has 0 saturated carbocycles. The van der Waals surface area contributed by atoms with Crippen LogP contribution in [-0.2, 0) is 20.4 Å². The van der Waals surface area contributed by atoms with Gasteiger partial charge < -0.3 is 15.4 Å². The van der Waals surface area contributed by atoms with Crippen molar-refractivity contribution in [3.8, 4) is 11.8 Å².